The molecule has 0 spiro atoms. The van der Waals surface area contributed by atoms with Gasteiger partial charge in [-0.3, -0.25) is 0 Å². The lowest BCUT2D eigenvalue weighted by molar-refractivity contribution is 0.199. The number of ether oxygens (including phenoxy) is 2. The van der Waals surface area contributed by atoms with E-state index in [1.165, 1.54) is 5.56 Å². The summed E-state index contributed by atoms with van der Waals surface area (Å²) in [5.41, 5.74) is 2.24. The van der Waals surface area contributed by atoms with Gasteiger partial charge in [0.1, 0.15) is 12.4 Å². The zero-order chi connectivity index (χ0) is 14.9. The molecule has 1 aromatic heterocycles. The van der Waals surface area contributed by atoms with E-state index in [4.69, 9.17) is 9.47 Å². The third kappa shape index (κ3) is 5.46. The van der Waals surface area contributed by atoms with Crippen LogP contribution in [0.15, 0.2) is 29.6 Å². The van der Waals surface area contributed by atoms with Gasteiger partial charge < -0.3 is 14.8 Å². The van der Waals surface area contributed by atoms with E-state index < -0.39 is 0 Å². The Balaban J connectivity index is 1.76. The number of aryl methyl sites for hydroxylation is 1. The molecule has 0 aliphatic heterocycles. The Kier molecular flexibility index (Phi) is 6.66. The molecule has 1 aromatic carbocycles. The van der Waals surface area contributed by atoms with Gasteiger partial charge in [-0.1, -0.05) is 19.1 Å². The summed E-state index contributed by atoms with van der Waals surface area (Å²) in [6.45, 7) is 5.08. The monoisotopic (exact) mass is 306 g/mol. The first-order chi connectivity index (χ1) is 10.3. The van der Waals surface area contributed by atoms with Crippen LogP contribution in [-0.4, -0.2) is 25.2 Å². The maximum atomic E-state index is 5.75. The maximum Gasteiger partial charge on any atom is 0.131 e. The molecule has 1 N–H and O–H groups in total. The molecule has 0 saturated carbocycles. The lowest BCUT2D eigenvalue weighted by Crippen LogP contribution is -2.18. The standard InChI is InChI=1S/C16H22N2O2S/c1-3-16-18-14(12-21-16)11-20-15-6-4-13(5-7-15)10-17-8-9-19-2/h4-7,12,17H,3,8-11H2,1-2H3. The summed E-state index contributed by atoms with van der Waals surface area (Å²) in [5, 5.41) is 6.54. The Morgan fingerprint density at radius 1 is 1.24 bits per heavy atom. The molecule has 0 unspecified atom stereocenters. The highest BCUT2D eigenvalue weighted by Gasteiger charge is 2.01. The lowest BCUT2D eigenvalue weighted by Gasteiger charge is -2.07. The molecule has 0 saturated heterocycles. The molecule has 0 atom stereocenters. The van der Waals surface area contributed by atoms with Gasteiger partial charge >= 0.3 is 0 Å². The summed E-state index contributed by atoms with van der Waals surface area (Å²) in [5.74, 6) is 0.877. The van der Waals surface area contributed by atoms with Crippen LogP contribution in [0.1, 0.15) is 23.2 Å². The molecule has 5 heteroatoms. The topological polar surface area (TPSA) is 43.4 Å². The second-order valence-corrected chi connectivity index (χ2v) is 5.63. The summed E-state index contributed by atoms with van der Waals surface area (Å²) in [6.07, 6.45) is 0.982. The van der Waals surface area contributed by atoms with Gasteiger partial charge in [0.05, 0.1) is 17.3 Å². The minimum atomic E-state index is 0.530. The number of rotatable bonds is 9. The molecule has 0 amide bonds. The molecule has 0 fully saturated rings. The number of hydrogen-bond donors (Lipinski definition) is 1. The van der Waals surface area contributed by atoms with Crippen LogP contribution in [0, 0.1) is 0 Å². The molecule has 4 nitrogen and oxygen atoms in total. The normalized spacial score (nSPS) is 10.8. The summed E-state index contributed by atoms with van der Waals surface area (Å²) in [4.78, 5) is 4.49. The van der Waals surface area contributed by atoms with Crippen LogP contribution in [0.25, 0.3) is 0 Å². The minimum Gasteiger partial charge on any atom is -0.487 e. The van der Waals surface area contributed by atoms with Gasteiger partial charge in [-0.25, -0.2) is 4.98 Å². The number of nitrogens with one attached hydrogen (secondary N) is 1. The number of benzene rings is 1. The van der Waals surface area contributed by atoms with Crippen molar-refractivity contribution in [2.24, 2.45) is 0 Å². The average molecular weight is 306 g/mol. The predicted octanol–water partition coefficient (Wildman–Crippen LogP) is 3.02. The predicted molar refractivity (Wildman–Crippen MR) is 85.8 cm³/mol. The molecule has 0 bridgehead atoms. The van der Waals surface area contributed by atoms with Gasteiger partial charge in [0, 0.05) is 25.6 Å². The molecule has 114 valence electrons. The van der Waals surface area contributed by atoms with Gasteiger partial charge in [0.25, 0.3) is 0 Å². The minimum absolute atomic E-state index is 0.530. The van der Waals surface area contributed by atoms with Crippen molar-refractivity contribution in [1.29, 1.82) is 0 Å². The fraction of sp³-hybridized carbons (Fsp3) is 0.438. The van der Waals surface area contributed by atoms with Crippen LogP contribution in [0.4, 0.5) is 0 Å². The van der Waals surface area contributed by atoms with E-state index in [1.54, 1.807) is 18.4 Å². The molecule has 0 aliphatic rings. The maximum absolute atomic E-state index is 5.75. The van der Waals surface area contributed by atoms with Crippen molar-refractivity contribution in [3.8, 4) is 5.75 Å². The SMILES string of the molecule is CCc1nc(COc2ccc(CNCCOC)cc2)cs1. The van der Waals surface area contributed by atoms with E-state index in [0.717, 1.165) is 42.6 Å². The molecular weight excluding hydrogens is 284 g/mol. The molecule has 21 heavy (non-hydrogen) atoms. The van der Waals surface area contributed by atoms with Crippen LogP contribution < -0.4 is 10.1 Å². The number of aromatic nitrogens is 1. The van der Waals surface area contributed by atoms with E-state index in [0.29, 0.717) is 6.61 Å². The number of thiazole rings is 1. The fourth-order valence-corrected chi connectivity index (χ4v) is 2.57. The molecule has 0 aliphatic carbocycles. The van der Waals surface area contributed by atoms with Gasteiger partial charge in [-0.05, 0) is 24.1 Å². The van der Waals surface area contributed by atoms with Gasteiger partial charge in [0.15, 0.2) is 0 Å². The Morgan fingerprint density at radius 3 is 2.71 bits per heavy atom. The molecular formula is C16H22N2O2S. The first-order valence-corrected chi connectivity index (χ1v) is 8.04. The van der Waals surface area contributed by atoms with E-state index in [9.17, 15) is 0 Å². The van der Waals surface area contributed by atoms with Crippen molar-refractivity contribution in [3.63, 3.8) is 0 Å². The Labute approximate surface area is 130 Å². The van der Waals surface area contributed by atoms with Crippen LogP contribution in [0.3, 0.4) is 0 Å². The third-order valence-electron chi connectivity index (χ3n) is 3.02. The van der Waals surface area contributed by atoms with Crippen molar-refractivity contribution in [3.05, 3.63) is 45.9 Å². The summed E-state index contributed by atoms with van der Waals surface area (Å²) < 4.78 is 10.7. The lowest BCUT2D eigenvalue weighted by atomic mass is 10.2. The third-order valence-corrected chi connectivity index (χ3v) is 4.07. The summed E-state index contributed by atoms with van der Waals surface area (Å²) in [7, 11) is 1.71. The smallest absolute Gasteiger partial charge is 0.131 e. The van der Waals surface area contributed by atoms with E-state index in [2.05, 4.69) is 34.7 Å². The van der Waals surface area contributed by atoms with E-state index >= 15 is 0 Å². The second-order valence-electron chi connectivity index (χ2n) is 4.69. The largest absolute Gasteiger partial charge is 0.487 e. The Hall–Kier alpha value is -1.43. The Morgan fingerprint density at radius 2 is 2.05 bits per heavy atom. The highest BCUT2D eigenvalue weighted by atomic mass is 32.1. The highest BCUT2D eigenvalue weighted by molar-refractivity contribution is 7.09. The number of methoxy groups -OCH3 is 1. The molecule has 1 heterocycles. The summed E-state index contributed by atoms with van der Waals surface area (Å²) in [6, 6.07) is 8.15. The van der Waals surface area contributed by atoms with Crippen molar-refractivity contribution in [1.82, 2.24) is 10.3 Å². The van der Waals surface area contributed by atoms with Crippen LogP contribution >= 0.6 is 11.3 Å². The van der Waals surface area contributed by atoms with Crippen LogP contribution in [-0.2, 0) is 24.3 Å². The second kappa shape index (κ2) is 8.77. The first kappa shape index (κ1) is 15.9. The van der Waals surface area contributed by atoms with Gasteiger partial charge in [-0.2, -0.15) is 0 Å². The molecule has 0 radical (unpaired) electrons. The summed E-state index contributed by atoms with van der Waals surface area (Å²) >= 11 is 1.69. The first-order valence-electron chi connectivity index (χ1n) is 7.16. The van der Waals surface area contributed by atoms with E-state index in [1.807, 2.05) is 12.1 Å². The van der Waals surface area contributed by atoms with Gasteiger partial charge in [0.2, 0.25) is 0 Å². The van der Waals surface area contributed by atoms with Crippen molar-refractivity contribution >= 4 is 11.3 Å². The Bertz CT molecular complexity index is 525. The number of nitrogens with zero attached hydrogens (tertiary/aromatic N) is 1. The molecule has 2 aromatic rings. The van der Waals surface area contributed by atoms with Crippen molar-refractivity contribution < 1.29 is 9.47 Å². The van der Waals surface area contributed by atoms with E-state index in [-0.39, 0.29) is 0 Å². The zero-order valence-electron chi connectivity index (χ0n) is 12.6. The fourth-order valence-electron chi connectivity index (χ4n) is 1.85. The molecule has 2 rings (SSSR count). The number of hydrogen-bond acceptors (Lipinski definition) is 5. The average Bonchev–Trinajstić information content (AvgIpc) is 2.99. The van der Waals surface area contributed by atoms with Gasteiger partial charge in [-0.15, -0.1) is 11.3 Å². The highest BCUT2D eigenvalue weighted by Crippen LogP contribution is 2.16. The van der Waals surface area contributed by atoms with Crippen molar-refractivity contribution in [2.45, 2.75) is 26.5 Å². The van der Waals surface area contributed by atoms with Crippen molar-refractivity contribution in [2.75, 3.05) is 20.3 Å². The van der Waals surface area contributed by atoms with Crippen LogP contribution in [0.2, 0.25) is 0 Å². The zero-order valence-corrected chi connectivity index (χ0v) is 13.4. The van der Waals surface area contributed by atoms with Crippen LogP contribution in [0.5, 0.6) is 5.75 Å². The quantitative estimate of drug-likeness (QED) is 0.723.